The first-order chi connectivity index (χ1) is 18.6. The molecule has 2 aromatic carbocycles. The van der Waals surface area contributed by atoms with Gasteiger partial charge in [-0.1, -0.05) is 37.5 Å². The van der Waals surface area contributed by atoms with Gasteiger partial charge in [-0.15, -0.1) is 12.4 Å². The number of ether oxygens (including phenoxy) is 2. The van der Waals surface area contributed by atoms with E-state index in [0.717, 1.165) is 68.1 Å². The van der Waals surface area contributed by atoms with Crippen molar-refractivity contribution in [2.45, 2.75) is 76.9 Å². The molecule has 0 spiro atoms. The third kappa shape index (κ3) is 6.45. The van der Waals surface area contributed by atoms with Gasteiger partial charge in [0.2, 0.25) is 0 Å². The minimum absolute atomic E-state index is 0. The van der Waals surface area contributed by atoms with Crippen molar-refractivity contribution in [1.82, 2.24) is 14.8 Å². The SMILES string of the molecule is Cc1cc(=O)n(CCN2CCC(NCc3ccc4c(c3)OCCO4)CC2)c2cc(C3CCCCC3)ccc12.Cl. The number of halogens is 1. The molecule has 3 aromatic rings. The highest BCUT2D eigenvalue weighted by Gasteiger charge is 2.21. The molecule has 39 heavy (non-hydrogen) atoms. The van der Waals surface area contributed by atoms with Crippen molar-refractivity contribution in [2.24, 2.45) is 0 Å². The molecule has 0 amide bonds. The van der Waals surface area contributed by atoms with Crippen molar-refractivity contribution < 1.29 is 9.47 Å². The summed E-state index contributed by atoms with van der Waals surface area (Å²) in [6, 6.07) is 15.5. The van der Waals surface area contributed by atoms with E-state index in [9.17, 15) is 4.79 Å². The topological polar surface area (TPSA) is 55.7 Å². The van der Waals surface area contributed by atoms with Gasteiger partial charge in [0.05, 0.1) is 5.52 Å². The van der Waals surface area contributed by atoms with Crippen molar-refractivity contribution >= 4 is 23.3 Å². The number of aromatic nitrogens is 1. The summed E-state index contributed by atoms with van der Waals surface area (Å²) in [5, 5.41) is 4.95. The lowest BCUT2D eigenvalue weighted by Crippen LogP contribution is -2.43. The molecule has 6 rings (SSSR count). The number of aryl methyl sites for hydroxylation is 1. The van der Waals surface area contributed by atoms with Crippen LogP contribution in [-0.4, -0.2) is 48.4 Å². The van der Waals surface area contributed by atoms with Crippen LogP contribution in [0.2, 0.25) is 0 Å². The molecule has 1 N–H and O–H groups in total. The molecule has 2 fully saturated rings. The van der Waals surface area contributed by atoms with E-state index in [1.54, 1.807) is 0 Å². The van der Waals surface area contributed by atoms with Crippen LogP contribution < -0.4 is 20.3 Å². The second kappa shape index (κ2) is 12.8. The minimum Gasteiger partial charge on any atom is -0.486 e. The first-order valence-corrected chi connectivity index (χ1v) is 14.6. The predicted molar refractivity (Wildman–Crippen MR) is 160 cm³/mol. The summed E-state index contributed by atoms with van der Waals surface area (Å²) < 4.78 is 13.4. The minimum atomic E-state index is 0. The van der Waals surface area contributed by atoms with Crippen LogP contribution in [0.15, 0.2) is 47.3 Å². The Balaban J connectivity index is 0.00000308. The van der Waals surface area contributed by atoms with Gasteiger partial charge in [0.25, 0.3) is 5.56 Å². The first-order valence-electron chi connectivity index (χ1n) is 14.6. The van der Waals surface area contributed by atoms with Crippen LogP contribution in [0, 0.1) is 6.92 Å². The van der Waals surface area contributed by atoms with Gasteiger partial charge in [-0.2, -0.15) is 0 Å². The van der Waals surface area contributed by atoms with E-state index < -0.39 is 0 Å². The fourth-order valence-corrected chi connectivity index (χ4v) is 6.55. The molecule has 0 atom stereocenters. The van der Waals surface area contributed by atoms with Crippen molar-refractivity contribution in [3.05, 3.63) is 69.5 Å². The lowest BCUT2D eigenvalue weighted by Gasteiger charge is -2.33. The molecule has 1 saturated carbocycles. The second-order valence-corrected chi connectivity index (χ2v) is 11.4. The maximum absolute atomic E-state index is 13.1. The number of nitrogens with one attached hydrogen (secondary N) is 1. The standard InChI is InChI=1S/C32H41N3O3.ClH/c1-23-19-32(36)35(29-21-26(8-9-28(23)29)25-5-3-2-4-6-25)16-15-34-13-11-27(12-14-34)33-22-24-7-10-30-31(20-24)38-18-17-37-30;/h7-10,19-21,25,27,33H,2-6,11-18,22H2,1H3;1H. The Morgan fingerprint density at radius 1 is 0.872 bits per heavy atom. The quantitative estimate of drug-likeness (QED) is 0.402. The Morgan fingerprint density at radius 3 is 2.44 bits per heavy atom. The molecule has 1 aliphatic carbocycles. The van der Waals surface area contributed by atoms with Gasteiger partial charge in [0.1, 0.15) is 13.2 Å². The molecule has 210 valence electrons. The van der Waals surface area contributed by atoms with Crippen molar-refractivity contribution in [2.75, 3.05) is 32.8 Å². The largest absolute Gasteiger partial charge is 0.486 e. The Bertz CT molecular complexity index is 1330. The molecule has 1 saturated heterocycles. The van der Waals surface area contributed by atoms with Gasteiger partial charge in [0.15, 0.2) is 11.5 Å². The normalized spacial score (nSPS) is 18.7. The predicted octanol–water partition coefficient (Wildman–Crippen LogP) is 5.80. The van der Waals surface area contributed by atoms with Gasteiger partial charge in [-0.25, -0.2) is 0 Å². The van der Waals surface area contributed by atoms with Crippen LogP contribution in [0.3, 0.4) is 0 Å². The number of likely N-dealkylation sites (tertiary alicyclic amines) is 1. The molecule has 7 heteroatoms. The van der Waals surface area contributed by atoms with E-state index in [4.69, 9.17) is 9.47 Å². The fraction of sp³-hybridized carbons (Fsp3) is 0.531. The monoisotopic (exact) mass is 551 g/mol. The second-order valence-electron chi connectivity index (χ2n) is 11.4. The third-order valence-corrected chi connectivity index (χ3v) is 8.85. The number of nitrogens with zero attached hydrogens (tertiary/aromatic N) is 2. The van der Waals surface area contributed by atoms with E-state index in [0.29, 0.717) is 25.2 Å². The summed E-state index contributed by atoms with van der Waals surface area (Å²) in [6.45, 7) is 7.94. The van der Waals surface area contributed by atoms with Crippen molar-refractivity contribution in [3.63, 3.8) is 0 Å². The van der Waals surface area contributed by atoms with E-state index in [-0.39, 0.29) is 18.0 Å². The zero-order valence-corrected chi connectivity index (χ0v) is 23.9. The Hall–Kier alpha value is -2.54. The molecule has 0 bridgehead atoms. The average molecular weight is 552 g/mol. The van der Waals surface area contributed by atoms with Crippen LogP contribution in [0.4, 0.5) is 0 Å². The van der Waals surface area contributed by atoms with Crippen LogP contribution in [-0.2, 0) is 13.1 Å². The number of fused-ring (bicyclic) bond motifs is 2. The molecule has 0 unspecified atom stereocenters. The smallest absolute Gasteiger partial charge is 0.251 e. The van der Waals surface area contributed by atoms with Crippen LogP contribution >= 0.6 is 12.4 Å². The Morgan fingerprint density at radius 2 is 1.64 bits per heavy atom. The fourth-order valence-electron chi connectivity index (χ4n) is 6.55. The van der Waals surface area contributed by atoms with E-state index >= 15 is 0 Å². The molecule has 6 nitrogen and oxygen atoms in total. The van der Waals surface area contributed by atoms with E-state index in [2.05, 4.69) is 47.5 Å². The highest BCUT2D eigenvalue weighted by atomic mass is 35.5. The molecule has 0 radical (unpaired) electrons. The highest BCUT2D eigenvalue weighted by molar-refractivity contribution is 5.85. The van der Waals surface area contributed by atoms with Gasteiger partial charge in [-0.3, -0.25) is 4.79 Å². The van der Waals surface area contributed by atoms with Crippen LogP contribution in [0.5, 0.6) is 11.5 Å². The lowest BCUT2D eigenvalue weighted by molar-refractivity contribution is 0.171. The van der Waals surface area contributed by atoms with Crippen LogP contribution in [0.25, 0.3) is 10.9 Å². The Labute approximate surface area is 238 Å². The average Bonchev–Trinajstić information content (AvgIpc) is 2.96. The molecule has 1 aromatic heterocycles. The highest BCUT2D eigenvalue weighted by Crippen LogP contribution is 2.34. The van der Waals surface area contributed by atoms with E-state index in [1.807, 2.05) is 16.7 Å². The number of piperidine rings is 1. The van der Waals surface area contributed by atoms with Gasteiger partial charge < -0.3 is 24.3 Å². The summed E-state index contributed by atoms with van der Waals surface area (Å²) in [5.41, 5.74) is 4.98. The van der Waals surface area contributed by atoms with Gasteiger partial charge in [0, 0.05) is 37.1 Å². The lowest BCUT2D eigenvalue weighted by atomic mass is 9.83. The molecule has 2 aliphatic heterocycles. The maximum atomic E-state index is 13.1. The van der Waals surface area contributed by atoms with Crippen LogP contribution in [0.1, 0.15) is 67.6 Å². The molecule has 3 aliphatic rings. The number of benzene rings is 2. The Kier molecular flexibility index (Phi) is 9.16. The summed E-state index contributed by atoms with van der Waals surface area (Å²) in [4.78, 5) is 15.6. The van der Waals surface area contributed by atoms with E-state index in [1.165, 1.54) is 48.6 Å². The number of pyridine rings is 1. The third-order valence-electron chi connectivity index (χ3n) is 8.85. The summed E-state index contributed by atoms with van der Waals surface area (Å²) in [6.07, 6.45) is 8.81. The maximum Gasteiger partial charge on any atom is 0.251 e. The van der Waals surface area contributed by atoms with Gasteiger partial charge >= 0.3 is 0 Å². The van der Waals surface area contributed by atoms with Gasteiger partial charge in [-0.05, 0) is 86.5 Å². The molecule has 3 heterocycles. The molecular weight excluding hydrogens is 510 g/mol. The zero-order chi connectivity index (χ0) is 25.9. The molecular formula is C32H42ClN3O3. The first kappa shape index (κ1) is 28.0. The summed E-state index contributed by atoms with van der Waals surface area (Å²) >= 11 is 0. The number of rotatable bonds is 7. The van der Waals surface area contributed by atoms with Crippen molar-refractivity contribution in [3.8, 4) is 11.5 Å². The van der Waals surface area contributed by atoms with Crippen molar-refractivity contribution in [1.29, 1.82) is 0 Å². The summed E-state index contributed by atoms with van der Waals surface area (Å²) in [7, 11) is 0. The summed E-state index contributed by atoms with van der Waals surface area (Å²) in [5.74, 6) is 2.35. The number of hydrogen-bond acceptors (Lipinski definition) is 5. The zero-order valence-electron chi connectivity index (χ0n) is 23.1. The number of hydrogen-bond donors (Lipinski definition) is 1.